The van der Waals surface area contributed by atoms with Gasteiger partial charge in [0.2, 0.25) is 5.88 Å². The van der Waals surface area contributed by atoms with Crippen LogP contribution in [-0.2, 0) is 13.1 Å². The summed E-state index contributed by atoms with van der Waals surface area (Å²) in [5, 5.41) is 0. The van der Waals surface area contributed by atoms with Gasteiger partial charge in [0.05, 0.1) is 19.4 Å². The van der Waals surface area contributed by atoms with Crippen LogP contribution in [0.25, 0.3) is 0 Å². The number of aromatic amines is 1. The fourth-order valence-electron chi connectivity index (χ4n) is 3.14. The molecule has 0 fully saturated rings. The number of hydrogen-bond donors (Lipinski definition) is 2. The number of carbonyl (C=O) groups excluding carboxylic acids is 1. The number of unbranched alkanes of at least 4 members (excludes halogenated alkanes) is 1. The quantitative estimate of drug-likeness (QED) is 0.534. The van der Waals surface area contributed by atoms with Crippen LogP contribution >= 0.6 is 0 Å². The van der Waals surface area contributed by atoms with Crippen molar-refractivity contribution in [3.8, 4) is 5.88 Å². The van der Waals surface area contributed by atoms with Gasteiger partial charge in [0.15, 0.2) is 5.69 Å². The minimum absolute atomic E-state index is 0.0778. The molecule has 0 atom stereocenters. The van der Waals surface area contributed by atoms with E-state index in [2.05, 4.69) is 9.97 Å². The summed E-state index contributed by atoms with van der Waals surface area (Å²) < 4.78 is 12.1. The van der Waals surface area contributed by atoms with Crippen LogP contribution in [0.3, 0.4) is 0 Å². The lowest BCUT2D eigenvalue weighted by molar-refractivity contribution is 0.0978. The van der Waals surface area contributed by atoms with E-state index in [0.717, 1.165) is 6.42 Å². The standard InChI is InChI=1S/C21H25N5O5/c1-3-5-11-25-17(22)16(18(27)24-21(25)29)26(13-14-8-7-12-31-14)20(28)15-9-6-10-23-19(15)30-4-2/h6-10,12H,3-5,11,13,22H2,1-2H3,(H,24,27,29). The minimum Gasteiger partial charge on any atom is -0.477 e. The zero-order valence-electron chi connectivity index (χ0n) is 17.5. The Balaban J connectivity index is 2.16. The van der Waals surface area contributed by atoms with Gasteiger partial charge >= 0.3 is 5.69 Å². The highest BCUT2D eigenvalue weighted by Crippen LogP contribution is 2.25. The van der Waals surface area contributed by atoms with Gasteiger partial charge in [0.25, 0.3) is 11.5 Å². The van der Waals surface area contributed by atoms with E-state index in [4.69, 9.17) is 14.9 Å². The zero-order valence-corrected chi connectivity index (χ0v) is 17.5. The van der Waals surface area contributed by atoms with Gasteiger partial charge < -0.3 is 14.9 Å². The predicted molar refractivity (Wildman–Crippen MR) is 115 cm³/mol. The third kappa shape index (κ3) is 4.68. The molecule has 0 radical (unpaired) electrons. The number of anilines is 2. The molecule has 3 aromatic rings. The Labute approximate surface area is 178 Å². The number of ether oxygens (including phenoxy) is 1. The number of hydrogen-bond acceptors (Lipinski definition) is 7. The first-order chi connectivity index (χ1) is 15.0. The fourth-order valence-corrected chi connectivity index (χ4v) is 3.14. The first-order valence-corrected chi connectivity index (χ1v) is 10.0. The molecule has 10 heteroatoms. The Morgan fingerprint density at radius 2 is 2.10 bits per heavy atom. The number of amides is 1. The zero-order chi connectivity index (χ0) is 22.4. The Morgan fingerprint density at radius 1 is 1.29 bits per heavy atom. The molecule has 3 rings (SSSR count). The molecule has 3 N–H and O–H groups in total. The van der Waals surface area contributed by atoms with Crippen LogP contribution in [0.1, 0.15) is 42.8 Å². The lowest BCUT2D eigenvalue weighted by atomic mass is 10.2. The summed E-state index contributed by atoms with van der Waals surface area (Å²) in [6, 6.07) is 6.48. The van der Waals surface area contributed by atoms with Gasteiger partial charge in [0.1, 0.15) is 17.1 Å². The van der Waals surface area contributed by atoms with E-state index in [1.165, 1.54) is 21.9 Å². The van der Waals surface area contributed by atoms with Crippen LogP contribution in [0, 0.1) is 0 Å². The average molecular weight is 427 g/mol. The molecule has 0 saturated heterocycles. The van der Waals surface area contributed by atoms with E-state index >= 15 is 0 Å². The van der Waals surface area contributed by atoms with E-state index in [1.54, 1.807) is 31.2 Å². The summed E-state index contributed by atoms with van der Waals surface area (Å²) in [4.78, 5) is 46.2. The molecule has 10 nitrogen and oxygen atoms in total. The fraction of sp³-hybridized carbons (Fsp3) is 0.333. The van der Waals surface area contributed by atoms with E-state index in [1.807, 2.05) is 6.92 Å². The number of nitrogens with one attached hydrogen (secondary N) is 1. The van der Waals surface area contributed by atoms with E-state index in [0.29, 0.717) is 25.3 Å². The maximum Gasteiger partial charge on any atom is 0.330 e. The monoisotopic (exact) mass is 427 g/mol. The number of carbonyl (C=O) groups is 1. The molecule has 0 aliphatic heterocycles. The normalized spacial score (nSPS) is 10.8. The molecular formula is C21H25N5O5. The van der Waals surface area contributed by atoms with E-state index in [-0.39, 0.29) is 29.5 Å². The molecule has 0 spiro atoms. The maximum absolute atomic E-state index is 13.6. The number of aromatic nitrogens is 3. The Morgan fingerprint density at radius 3 is 2.77 bits per heavy atom. The van der Waals surface area contributed by atoms with Crippen molar-refractivity contribution in [3.05, 3.63) is 68.9 Å². The predicted octanol–water partition coefficient (Wildman–Crippen LogP) is 2.15. The minimum atomic E-state index is -0.767. The van der Waals surface area contributed by atoms with Gasteiger partial charge in [-0.05, 0) is 37.6 Å². The molecular weight excluding hydrogens is 402 g/mol. The summed E-state index contributed by atoms with van der Waals surface area (Å²) in [7, 11) is 0. The molecule has 1 amide bonds. The second kappa shape index (κ2) is 9.79. The van der Waals surface area contributed by atoms with Gasteiger partial charge in [0, 0.05) is 12.7 Å². The number of pyridine rings is 1. The number of nitrogens with two attached hydrogens (primary N) is 1. The summed E-state index contributed by atoms with van der Waals surface area (Å²) in [6.45, 7) is 4.28. The lowest BCUT2D eigenvalue weighted by Gasteiger charge is -2.24. The second-order valence-corrected chi connectivity index (χ2v) is 6.76. The van der Waals surface area contributed by atoms with Crippen LogP contribution < -0.4 is 26.6 Å². The van der Waals surface area contributed by atoms with Crippen LogP contribution in [0.15, 0.2) is 50.7 Å². The topological polar surface area (TPSA) is 136 Å². The molecule has 31 heavy (non-hydrogen) atoms. The molecule has 3 aromatic heterocycles. The van der Waals surface area contributed by atoms with Crippen molar-refractivity contribution in [2.45, 2.75) is 39.8 Å². The molecule has 0 unspecified atom stereocenters. The van der Waals surface area contributed by atoms with Crippen molar-refractivity contribution < 1.29 is 13.9 Å². The van der Waals surface area contributed by atoms with Gasteiger partial charge in [-0.3, -0.25) is 24.0 Å². The highest BCUT2D eigenvalue weighted by molar-refractivity contribution is 6.08. The smallest absolute Gasteiger partial charge is 0.330 e. The summed E-state index contributed by atoms with van der Waals surface area (Å²) >= 11 is 0. The van der Waals surface area contributed by atoms with Crippen molar-refractivity contribution in [2.75, 3.05) is 17.2 Å². The molecule has 0 saturated carbocycles. The SMILES string of the molecule is CCCCn1c(N)c(N(Cc2ccco2)C(=O)c2cccnc2OCC)c(=O)[nH]c1=O. The lowest BCUT2D eigenvalue weighted by Crippen LogP contribution is -2.41. The molecule has 0 aliphatic carbocycles. The van der Waals surface area contributed by atoms with E-state index < -0.39 is 17.2 Å². The van der Waals surface area contributed by atoms with Crippen molar-refractivity contribution in [2.24, 2.45) is 0 Å². The number of nitrogen functional groups attached to an aromatic ring is 1. The first kappa shape index (κ1) is 21.9. The number of nitrogens with zero attached hydrogens (tertiary/aromatic N) is 3. The highest BCUT2D eigenvalue weighted by Gasteiger charge is 2.28. The third-order valence-corrected chi connectivity index (χ3v) is 4.64. The average Bonchev–Trinajstić information content (AvgIpc) is 3.26. The van der Waals surface area contributed by atoms with Crippen molar-refractivity contribution in [1.82, 2.24) is 14.5 Å². The van der Waals surface area contributed by atoms with Crippen molar-refractivity contribution in [1.29, 1.82) is 0 Å². The molecule has 0 aliphatic rings. The van der Waals surface area contributed by atoms with Crippen LogP contribution in [0.2, 0.25) is 0 Å². The van der Waals surface area contributed by atoms with Crippen LogP contribution in [-0.4, -0.2) is 27.0 Å². The maximum atomic E-state index is 13.6. The van der Waals surface area contributed by atoms with Crippen molar-refractivity contribution in [3.63, 3.8) is 0 Å². The molecule has 0 aromatic carbocycles. The Bertz CT molecular complexity index is 1150. The van der Waals surface area contributed by atoms with Crippen LogP contribution in [0.5, 0.6) is 5.88 Å². The summed E-state index contributed by atoms with van der Waals surface area (Å²) in [5.74, 6) is -0.0937. The van der Waals surface area contributed by atoms with Gasteiger partial charge in [-0.1, -0.05) is 13.3 Å². The Kier molecular flexibility index (Phi) is 6.91. The second-order valence-electron chi connectivity index (χ2n) is 6.76. The van der Waals surface area contributed by atoms with Crippen LogP contribution in [0.4, 0.5) is 11.5 Å². The Hall–Kier alpha value is -3.82. The number of furan rings is 1. The van der Waals surface area contributed by atoms with Gasteiger partial charge in [-0.25, -0.2) is 9.78 Å². The number of rotatable bonds is 9. The molecule has 164 valence electrons. The number of H-pyrrole nitrogens is 1. The van der Waals surface area contributed by atoms with Gasteiger partial charge in [-0.15, -0.1) is 0 Å². The largest absolute Gasteiger partial charge is 0.477 e. The molecule has 0 bridgehead atoms. The van der Waals surface area contributed by atoms with E-state index in [9.17, 15) is 14.4 Å². The van der Waals surface area contributed by atoms with Crippen molar-refractivity contribution >= 4 is 17.4 Å². The highest BCUT2D eigenvalue weighted by atomic mass is 16.5. The molecule has 3 heterocycles. The van der Waals surface area contributed by atoms with Gasteiger partial charge in [-0.2, -0.15) is 0 Å². The third-order valence-electron chi connectivity index (χ3n) is 4.64. The first-order valence-electron chi connectivity index (χ1n) is 10.0. The summed E-state index contributed by atoms with van der Waals surface area (Å²) in [5.41, 5.74) is 4.87. The summed E-state index contributed by atoms with van der Waals surface area (Å²) in [6.07, 6.45) is 4.47.